The minimum Gasteiger partial charge on any atom is -0.480 e. The normalized spacial score (nSPS) is 24.7. The fourth-order valence-electron chi connectivity index (χ4n) is 2.81. The molecule has 2 heterocycles. The summed E-state index contributed by atoms with van der Waals surface area (Å²) in [6.07, 6.45) is 0.947. The molecule has 5 nitrogen and oxygen atoms in total. The van der Waals surface area contributed by atoms with Crippen molar-refractivity contribution < 1.29 is 24.7 Å². The van der Waals surface area contributed by atoms with E-state index in [1.165, 1.54) is 5.56 Å². The van der Waals surface area contributed by atoms with Gasteiger partial charge in [-0.1, -0.05) is 24.3 Å². The Bertz CT molecular complexity index is 591. The van der Waals surface area contributed by atoms with E-state index in [1.54, 1.807) is 13.8 Å². The second kappa shape index (κ2) is 4.52. The van der Waals surface area contributed by atoms with E-state index < -0.39 is 11.8 Å². The van der Waals surface area contributed by atoms with Gasteiger partial charge in [-0.2, -0.15) is 0 Å². The number of quaternary nitrogens is 1. The Kier molecular flexibility index (Phi) is 2.94. The van der Waals surface area contributed by atoms with Gasteiger partial charge in [-0.05, 0) is 5.56 Å². The molecular weight excluding hydrogens is 258 g/mol. The van der Waals surface area contributed by atoms with Crippen LogP contribution in [0.4, 0.5) is 0 Å². The highest BCUT2D eigenvalue weighted by Crippen LogP contribution is 2.33. The Morgan fingerprint density at radius 3 is 2.80 bits per heavy atom. The number of ether oxygens (including phenoxy) is 2. The van der Waals surface area contributed by atoms with Crippen LogP contribution in [0.25, 0.3) is 0 Å². The summed E-state index contributed by atoms with van der Waals surface area (Å²) >= 11 is 0. The van der Waals surface area contributed by atoms with Crippen molar-refractivity contribution in [1.82, 2.24) is 0 Å². The monoisotopic (exact) mass is 276 g/mol. The molecule has 1 aromatic rings. The van der Waals surface area contributed by atoms with Crippen molar-refractivity contribution in [3.05, 3.63) is 46.9 Å². The topological polar surface area (TPSA) is 72.4 Å². The molecule has 0 unspecified atom stereocenters. The van der Waals surface area contributed by atoms with Gasteiger partial charge in [0.25, 0.3) is 11.7 Å². The molecule has 20 heavy (non-hydrogen) atoms. The average Bonchev–Trinajstić information content (AvgIpc) is 2.36. The third-order valence-electron chi connectivity index (χ3n) is 3.65. The lowest BCUT2D eigenvalue weighted by Gasteiger charge is -2.33. The summed E-state index contributed by atoms with van der Waals surface area (Å²) in [5.74, 6) is -1.97. The fraction of sp³-hybridized carbons (Fsp3) is 0.400. The molecule has 0 fully saturated rings. The molecule has 0 aromatic heterocycles. The number of aliphatic hydroxyl groups is 1. The van der Waals surface area contributed by atoms with Gasteiger partial charge in [0.2, 0.25) is 0 Å². The van der Waals surface area contributed by atoms with Crippen LogP contribution in [0.3, 0.4) is 0 Å². The highest BCUT2D eigenvalue weighted by Gasteiger charge is 2.43. The van der Waals surface area contributed by atoms with Crippen LogP contribution in [-0.4, -0.2) is 23.4 Å². The summed E-state index contributed by atoms with van der Waals surface area (Å²) in [4.78, 5) is 12.2. The molecule has 0 amide bonds. The number of nitrogens with two attached hydrogens (primary N) is 1. The Hall–Kier alpha value is -2.01. The van der Waals surface area contributed by atoms with Crippen LogP contribution in [-0.2, 0) is 20.7 Å². The van der Waals surface area contributed by atoms with Gasteiger partial charge in [-0.15, -0.1) is 0 Å². The summed E-state index contributed by atoms with van der Waals surface area (Å²) in [5.41, 5.74) is 2.41. The Labute approximate surface area is 117 Å². The number of carbonyl (C=O) groups excluding carboxylic acids is 1. The van der Waals surface area contributed by atoms with E-state index in [0.29, 0.717) is 0 Å². The zero-order valence-corrected chi connectivity index (χ0v) is 11.6. The number of cyclic esters (lactones) is 1. The molecule has 1 aromatic carbocycles. The first-order chi connectivity index (χ1) is 9.48. The third kappa shape index (κ3) is 2.14. The molecular formula is C15H18NO4+. The molecule has 3 N–H and O–H groups in total. The van der Waals surface area contributed by atoms with E-state index in [2.05, 4.69) is 0 Å². The maximum absolute atomic E-state index is 12.2. The van der Waals surface area contributed by atoms with Crippen LogP contribution in [0.2, 0.25) is 0 Å². The molecule has 1 atom stereocenters. The summed E-state index contributed by atoms with van der Waals surface area (Å²) in [6.45, 7) is 4.04. The van der Waals surface area contributed by atoms with Crippen LogP contribution in [0.5, 0.6) is 0 Å². The van der Waals surface area contributed by atoms with Gasteiger partial charge in [0.15, 0.2) is 11.6 Å². The highest BCUT2D eigenvalue weighted by molar-refractivity contribution is 5.91. The molecule has 0 radical (unpaired) electrons. The first kappa shape index (κ1) is 13.0. The number of aliphatic hydroxyl groups excluding tert-OH is 1. The largest absolute Gasteiger partial charge is 0.480 e. The van der Waals surface area contributed by atoms with Crippen molar-refractivity contribution >= 4 is 5.97 Å². The molecule has 0 bridgehead atoms. The lowest BCUT2D eigenvalue weighted by molar-refractivity contribution is -0.690. The van der Waals surface area contributed by atoms with E-state index in [0.717, 1.165) is 18.5 Å². The maximum Gasteiger partial charge on any atom is 0.351 e. The minimum atomic E-state index is -1.13. The van der Waals surface area contributed by atoms with E-state index >= 15 is 0 Å². The predicted octanol–water partition coefficient (Wildman–Crippen LogP) is 0.926. The average molecular weight is 276 g/mol. The van der Waals surface area contributed by atoms with Crippen LogP contribution in [0.1, 0.15) is 31.0 Å². The number of benzene rings is 1. The number of fused-ring (bicyclic) bond motifs is 1. The summed E-state index contributed by atoms with van der Waals surface area (Å²) in [7, 11) is 0. The SMILES string of the molecule is CC1(C)OC(=O)C([C@H]2[NH2+]CCc3ccccc32)=C(O)O1. The van der Waals surface area contributed by atoms with Gasteiger partial charge in [0.05, 0.1) is 6.54 Å². The van der Waals surface area contributed by atoms with Gasteiger partial charge < -0.3 is 19.9 Å². The van der Waals surface area contributed by atoms with Crippen molar-refractivity contribution in [3.8, 4) is 0 Å². The van der Waals surface area contributed by atoms with Crippen LogP contribution in [0.15, 0.2) is 35.8 Å². The molecule has 2 aliphatic heterocycles. The first-order valence-corrected chi connectivity index (χ1v) is 6.74. The highest BCUT2D eigenvalue weighted by atomic mass is 16.8. The van der Waals surface area contributed by atoms with Gasteiger partial charge in [0.1, 0.15) is 0 Å². The number of hydrogen-bond donors (Lipinski definition) is 2. The molecule has 106 valence electrons. The summed E-state index contributed by atoms with van der Waals surface area (Å²) in [6, 6.07) is 7.66. The number of carbonyl (C=O) groups is 1. The van der Waals surface area contributed by atoms with Crippen molar-refractivity contribution in [2.24, 2.45) is 0 Å². The fourth-order valence-corrected chi connectivity index (χ4v) is 2.81. The van der Waals surface area contributed by atoms with Crippen molar-refractivity contribution in [2.45, 2.75) is 32.1 Å². The van der Waals surface area contributed by atoms with Gasteiger partial charge in [0, 0.05) is 25.8 Å². The van der Waals surface area contributed by atoms with Gasteiger partial charge in [-0.3, -0.25) is 0 Å². The third-order valence-corrected chi connectivity index (χ3v) is 3.65. The molecule has 0 spiro atoms. The maximum atomic E-state index is 12.2. The Balaban J connectivity index is 2.04. The molecule has 2 aliphatic rings. The molecule has 0 saturated heterocycles. The predicted molar refractivity (Wildman–Crippen MR) is 70.6 cm³/mol. The first-order valence-electron chi connectivity index (χ1n) is 6.74. The molecule has 5 heteroatoms. The van der Waals surface area contributed by atoms with Crippen molar-refractivity contribution in [2.75, 3.05) is 6.54 Å². The lowest BCUT2D eigenvalue weighted by Crippen LogP contribution is -2.88. The number of hydrogen-bond acceptors (Lipinski definition) is 4. The summed E-state index contributed by atoms with van der Waals surface area (Å²) in [5, 5.41) is 12.1. The minimum absolute atomic E-state index is 0.191. The van der Waals surface area contributed by atoms with E-state index in [9.17, 15) is 9.90 Å². The number of rotatable bonds is 1. The molecule has 0 aliphatic carbocycles. The standard InChI is InChI=1S/C15H17NO4/c1-15(2)19-13(17)11(14(18)20-15)12-10-6-4-3-5-9(10)7-8-16-12/h3-6,12,16-17H,7-8H2,1-2H3/p+1/t12-/m0/s1. The van der Waals surface area contributed by atoms with Crippen molar-refractivity contribution in [3.63, 3.8) is 0 Å². The van der Waals surface area contributed by atoms with Gasteiger partial charge >= 0.3 is 5.97 Å². The van der Waals surface area contributed by atoms with E-state index in [1.807, 2.05) is 29.6 Å². The van der Waals surface area contributed by atoms with Gasteiger partial charge in [-0.25, -0.2) is 4.79 Å². The van der Waals surface area contributed by atoms with Crippen LogP contribution >= 0.6 is 0 Å². The Morgan fingerprint density at radius 1 is 1.30 bits per heavy atom. The molecule has 0 saturated carbocycles. The number of esters is 1. The zero-order valence-electron chi connectivity index (χ0n) is 11.6. The second-order valence-electron chi connectivity index (χ2n) is 5.56. The van der Waals surface area contributed by atoms with Crippen LogP contribution in [0, 0.1) is 0 Å². The summed E-state index contributed by atoms with van der Waals surface area (Å²) < 4.78 is 10.5. The lowest BCUT2D eigenvalue weighted by atomic mass is 9.89. The molecule has 3 rings (SSSR count). The van der Waals surface area contributed by atoms with E-state index in [-0.39, 0.29) is 17.6 Å². The quantitative estimate of drug-likeness (QED) is 0.748. The van der Waals surface area contributed by atoms with E-state index in [4.69, 9.17) is 9.47 Å². The van der Waals surface area contributed by atoms with Crippen molar-refractivity contribution in [1.29, 1.82) is 0 Å². The Morgan fingerprint density at radius 2 is 2.05 bits per heavy atom. The zero-order chi connectivity index (χ0) is 14.3. The smallest absolute Gasteiger partial charge is 0.351 e. The second-order valence-corrected chi connectivity index (χ2v) is 5.56. The van der Waals surface area contributed by atoms with Crippen LogP contribution < -0.4 is 5.32 Å².